The van der Waals surface area contributed by atoms with Gasteiger partial charge in [-0.15, -0.1) is 0 Å². The third kappa shape index (κ3) is 3.01. The fourth-order valence-electron chi connectivity index (χ4n) is 1.46. The number of hydrogen-bond acceptors (Lipinski definition) is 3. The van der Waals surface area contributed by atoms with Crippen LogP contribution in [0.3, 0.4) is 0 Å². The lowest BCUT2D eigenvalue weighted by atomic mass is 10.1. The molecule has 0 aliphatic rings. The van der Waals surface area contributed by atoms with Crippen LogP contribution in [0.1, 0.15) is 0 Å². The SMILES string of the molecule is O=c1cc(-c2cccc(OC(F)F)c2)[nH]c(=S)[nH]1. The minimum absolute atomic E-state index is 0.0158. The van der Waals surface area contributed by atoms with Crippen molar-refractivity contribution in [3.05, 3.63) is 45.5 Å². The second-order valence-electron chi connectivity index (χ2n) is 3.41. The highest BCUT2D eigenvalue weighted by molar-refractivity contribution is 7.71. The van der Waals surface area contributed by atoms with Gasteiger partial charge in [0.25, 0.3) is 5.56 Å². The van der Waals surface area contributed by atoms with Gasteiger partial charge in [-0.1, -0.05) is 12.1 Å². The molecule has 18 heavy (non-hydrogen) atoms. The number of benzene rings is 1. The number of aromatic amines is 2. The summed E-state index contributed by atoms with van der Waals surface area (Å²) in [6.45, 7) is -2.89. The van der Waals surface area contributed by atoms with E-state index in [1.54, 1.807) is 12.1 Å². The van der Waals surface area contributed by atoms with Gasteiger partial charge >= 0.3 is 6.61 Å². The Morgan fingerprint density at radius 3 is 2.67 bits per heavy atom. The molecule has 2 rings (SSSR count). The fraction of sp³-hybridized carbons (Fsp3) is 0.0909. The van der Waals surface area contributed by atoms with E-state index in [0.29, 0.717) is 11.3 Å². The van der Waals surface area contributed by atoms with Gasteiger partial charge in [-0.25, -0.2) is 0 Å². The van der Waals surface area contributed by atoms with Crippen molar-refractivity contribution in [1.29, 1.82) is 0 Å². The van der Waals surface area contributed by atoms with Crippen molar-refractivity contribution < 1.29 is 13.5 Å². The number of alkyl halides is 2. The van der Waals surface area contributed by atoms with E-state index in [1.165, 1.54) is 18.2 Å². The fourth-order valence-corrected chi connectivity index (χ4v) is 1.67. The molecule has 0 atom stereocenters. The lowest BCUT2D eigenvalue weighted by Crippen LogP contribution is -2.06. The third-order valence-corrected chi connectivity index (χ3v) is 2.33. The first-order chi connectivity index (χ1) is 8.54. The predicted octanol–water partition coefficient (Wildman–Crippen LogP) is 2.70. The van der Waals surface area contributed by atoms with Crippen LogP contribution in [-0.2, 0) is 0 Å². The lowest BCUT2D eigenvalue weighted by molar-refractivity contribution is -0.0498. The van der Waals surface area contributed by atoms with Crippen molar-refractivity contribution in [3.8, 4) is 17.0 Å². The zero-order chi connectivity index (χ0) is 13.1. The van der Waals surface area contributed by atoms with Gasteiger partial charge in [-0.2, -0.15) is 8.78 Å². The van der Waals surface area contributed by atoms with E-state index in [4.69, 9.17) is 12.2 Å². The first-order valence-corrected chi connectivity index (χ1v) is 5.34. The number of nitrogens with one attached hydrogen (secondary N) is 2. The Labute approximate surface area is 105 Å². The summed E-state index contributed by atoms with van der Waals surface area (Å²) in [6.07, 6.45) is 0. The molecule has 7 heteroatoms. The molecule has 94 valence electrons. The van der Waals surface area contributed by atoms with Crippen LogP contribution in [-0.4, -0.2) is 16.6 Å². The number of hydrogen-bond donors (Lipinski definition) is 2. The Morgan fingerprint density at radius 2 is 2.00 bits per heavy atom. The topological polar surface area (TPSA) is 57.9 Å². The Hall–Kier alpha value is -2.02. The third-order valence-electron chi connectivity index (χ3n) is 2.13. The largest absolute Gasteiger partial charge is 0.435 e. The Kier molecular flexibility index (Phi) is 3.52. The van der Waals surface area contributed by atoms with E-state index in [-0.39, 0.29) is 16.1 Å². The Bertz CT molecular complexity index is 638. The average molecular weight is 270 g/mol. The molecule has 2 aromatic rings. The van der Waals surface area contributed by atoms with Crippen LogP contribution in [0.5, 0.6) is 5.75 Å². The van der Waals surface area contributed by atoms with E-state index in [2.05, 4.69) is 14.7 Å². The van der Waals surface area contributed by atoms with Crippen molar-refractivity contribution in [3.63, 3.8) is 0 Å². The Morgan fingerprint density at radius 1 is 1.22 bits per heavy atom. The molecular weight excluding hydrogens is 262 g/mol. The van der Waals surface area contributed by atoms with Gasteiger partial charge in [0, 0.05) is 11.6 Å². The van der Waals surface area contributed by atoms with Gasteiger partial charge in [-0.3, -0.25) is 9.78 Å². The van der Waals surface area contributed by atoms with E-state index < -0.39 is 6.61 Å². The highest BCUT2D eigenvalue weighted by Gasteiger charge is 2.06. The van der Waals surface area contributed by atoms with Crippen molar-refractivity contribution >= 4 is 12.2 Å². The summed E-state index contributed by atoms with van der Waals surface area (Å²) in [7, 11) is 0. The van der Waals surface area contributed by atoms with Crippen LogP contribution < -0.4 is 10.3 Å². The normalized spacial score (nSPS) is 10.6. The molecule has 0 aliphatic heterocycles. The van der Waals surface area contributed by atoms with Crippen LogP contribution in [0.2, 0.25) is 0 Å². The van der Waals surface area contributed by atoms with Crippen LogP contribution in [0, 0.1) is 4.77 Å². The molecule has 0 unspecified atom stereocenters. The highest BCUT2D eigenvalue weighted by atomic mass is 32.1. The monoisotopic (exact) mass is 270 g/mol. The number of aromatic nitrogens is 2. The first-order valence-electron chi connectivity index (χ1n) is 4.93. The van der Waals surface area contributed by atoms with Crippen LogP contribution >= 0.6 is 12.2 Å². The van der Waals surface area contributed by atoms with Crippen LogP contribution in [0.15, 0.2) is 35.1 Å². The average Bonchev–Trinajstić information content (AvgIpc) is 2.27. The van der Waals surface area contributed by atoms with Crippen molar-refractivity contribution in [2.24, 2.45) is 0 Å². The maximum atomic E-state index is 12.1. The summed E-state index contributed by atoms with van der Waals surface area (Å²) in [6, 6.07) is 7.28. The van der Waals surface area contributed by atoms with Gasteiger partial charge in [0.1, 0.15) is 5.75 Å². The Balaban J connectivity index is 2.44. The first kappa shape index (κ1) is 12.4. The van der Waals surface area contributed by atoms with Gasteiger partial charge in [0.05, 0.1) is 5.69 Å². The molecule has 0 amide bonds. The van der Waals surface area contributed by atoms with Gasteiger partial charge in [0.2, 0.25) is 0 Å². The van der Waals surface area contributed by atoms with Crippen molar-refractivity contribution in [2.45, 2.75) is 6.61 Å². The molecule has 0 saturated heterocycles. The molecule has 0 radical (unpaired) electrons. The summed E-state index contributed by atoms with van der Waals surface area (Å²) >= 11 is 4.83. The van der Waals surface area contributed by atoms with E-state index in [0.717, 1.165) is 0 Å². The van der Waals surface area contributed by atoms with Gasteiger partial charge < -0.3 is 9.72 Å². The molecule has 1 aromatic carbocycles. The molecule has 0 spiro atoms. The van der Waals surface area contributed by atoms with Crippen LogP contribution in [0.4, 0.5) is 8.78 Å². The molecule has 0 saturated carbocycles. The highest BCUT2D eigenvalue weighted by Crippen LogP contribution is 2.22. The van der Waals surface area contributed by atoms with E-state index in [9.17, 15) is 13.6 Å². The minimum atomic E-state index is -2.89. The summed E-state index contributed by atoms with van der Waals surface area (Å²) in [5.41, 5.74) is 0.600. The summed E-state index contributed by atoms with van der Waals surface area (Å²) in [5.74, 6) is 0.0158. The molecule has 4 nitrogen and oxygen atoms in total. The molecule has 1 heterocycles. The maximum absolute atomic E-state index is 12.1. The summed E-state index contributed by atoms with van der Waals surface area (Å²) < 4.78 is 28.6. The molecular formula is C11H8F2N2O2S. The summed E-state index contributed by atoms with van der Waals surface area (Å²) in [5, 5.41) is 0. The second-order valence-corrected chi connectivity index (χ2v) is 3.82. The number of ether oxygens (including phenoxy) is 1. The molecule has 1 aromatic heterocycles. The predicted molar refractivity (Wildman–Crippen MR) is 64.3 cm³/mol. The zero-order valence-corrected chi connectivity index (χ0v) is 9.76. The lowest BCUT2D eigenvalue weighted by Gasteiger charge is -2.06. The van der Waals surface area contributed by atoms with Gasteiger partial charge in [-0.05, 0) is 24.4 Å². The van der Waals surface area contributed by atoms with Crippen molar-refractivity contribution in [2.75, 3.05) is 0 Å². The standard InChI is InChI=1S/C11H8F2N2O2S/c12-10(13)17-7-3-1-2-6(4-7)8-5-9(16)15-11(18)14-8/h1-5,10H,(H2,14,15,16,18). The van der Waals surface area contributed by atoms with Gasteiger partial charge in [0.15, 0.2) is 4.77 Å². The molecule has 0 bridgehead atoms. The molecule has 2 N–H and O–H groups in total. The van der Waals surface area contributed by atoms with E-state index >= 15 is 0 Å². The number of rotatable bonds is 3. The molecule has 0 fully saturated rings. The maximum Gasteiger partial charge on any atom is 0.387 e. The van der Waals surface area contributed by atoms with Crippen LogP contribution in [0.25, 0.3) is 11.3 Å². The second kappa shape index (κ2) is 5.09. The number of H-pyrrole nitrogens is 2. The minimum Gasteiger partial charge on any atom is -0.435 e. The molecule has 0 aliphatic carbocycles. The van der Waals surface area contributed by atoms with Crippen molar-refractivity contribution in [1.82, 2.24) is 9.97 Å². The smallest absolute Gasteiger partial charge is 0.387 e. The quantitative estimate of drug-likeness (QED) is 0.843. The summed E-state index contributed by atoms with van der Waals surface area (Å²) in [4.78, 5) is 16.4. The zero-order valence-electron chi connectivity index (χ0n) is 8.94. The van der Waals surface area contributed by atoms with E-state index in [1.807, 2.05) is 0 Å². The number of halogens is 2.